The number of nitrogens with zero attached hydrogens (tertiary/aromatic N) is 2. The van der Waals surface area contributed by atoms with Gasteiger partial charge in [-0.25, -0.2) is 4.79 Å². The van der Waals surface area contributed by atoms with Crippen LogP contribution in [-0.2, 0) is 39.8 Å². The predicted molar refractivity (Wildman–Crippen MR) is 152 cm³/mol. The molecule has 1 atom stereocenters. The average molecular weight is 588 g/mol. The zero-order chi connectivity index (χ0) is 30.5. The zero-order valence-electron chi connectivity index (χ0n) is 24.9. The van der Waals surface area contributed by atoms with Crippen LogP contribution in [0.3, 0.4) is 0 Å². The van der Waals surface area contributed by atoms with Crippen LogP contribution in [0.1, 0.15) is 55.1 Å². The second-order valence-corrected chi connectivity index (χ2v) is 10.8. The van der Waals surface area contributed by atoms with Gasteiger partial charge < -0.3 is 33.5 Å². The Morgan fingerprint density at radius 2 is 1.64 bits per heavy atom. The number of carbonyl (C=O) groups excluding carboxylic acids is 4. The van der Waals surface area contributed by atoms with Gasteiger partial charge in [0.2, 0.25) is 11.8 Å². The van der Waals surface area contributed by atoms with Crippen molar-refractivity contribution < 1.29 is 42.9 Å². The Bertz CT molecular complexity index is 1170. The molecule has 42 heavy (non-hydrogen) atoms. The summed E-state index contributed by atoms with van der Waals surface area (Å²) in [7, 11) is 1.67. The van der Waals surface area contributed by atoms with E-state index in [0.717, 1.165) is 5.56 Å². The van der Waals surface area contributed by atoms with Gasteiger partial charge in [0.15, 0.2) is 0 Å². The van der Waals surface area contributed by atoms with Gasteiger partial charge in [0.05, 0.1) is 46.2 Å². The largest absolute Gasteiger partial charge is 0.444 e. The van der Waals surface area contributed by atoms with E-state index in [1.165, 1.54) is 9.80 Å². The molecule has 1 N–H and O–H groups in total. The maximum absolute atomic E-state index is 12.9. The van der Waals surface area contributed by atoms with Crippen LogP contribution in [0.4, 0.5) is 4.79 Å². The predicted octanol–water partition coefficient (Wildman–Crippen LogP) is 1.73. The van der Waals surface area contributed by atoms with Gasteiger partial charge in [-0.05, 0) is 44.9 Å². The molecule has 0 saturated carbocycles. The molecule has 0 aliphatic carbocycles. The zero-order valence-corrected chi connectivity index (χ0v) is 24.9. The molecule has 0 bridgehead atoms. The Morgan fingerprint density at radius 1 is 1.00 bits per heavy atom. The number of rotatable bonds is 14. The van der Waals surface area contributed by atoms with Crippen LogP contribution < -0.4 is 5.32 Å². The Labute approximate surface area is 246 Å². The number of benzene rings is 1. The summed E-state index contributed by atoms with van der Waals surface area (Å²) in [5, 5.41) is 2.31. The lowest BCUT2D eigenvalue weighted by molar-refractivity contribution is -0.136. The maximum Gasteiger partial charge on any atom is 0.410 e. The highest BCUT2D eigenvalue weighted by molar-refractivity contribution is 6.05. The number of nitrogens with one attached hydrogen (secondary N) is 1. The molecule has 0 spiro atoms. The third-order valence-corrected chi connectivity index (χ3v) is 6.37. The van der Waals surface area contributed by atoms with Crippen LogP contribution in [0.25, 0.3) is 0 Å². The van der Waals surface area contributed by atoms with Crippen molar-refractivity contribution in [3.8, 4) is 11.8 Å². The molecule has 1 aromatic rings. The fraction of sp³-hybridized carbons (Fsp3) is 0.600. The first-order valence-electron chi connectivity index (χ1n) is 14.1. The molecule has 1 aromatic carbocycles. The molecule has 1 unspecified atom stereocenters. The van der Waals surface area contributed by atoms with Crippen molar-refractivity contribution in [2.75, 3.05) is 66.4 Å². The number of amides is 4. The van der Waals surface area contributed by atoms with Gasteiger partial charge in [-0.3, -0.25) is 19.7 Å². The van der Waals surface area contributed by atoms with Crippen molar-refractivity contribution in [2.45, 2.75) is 51.8 Å². The summed E-state index contributed by atoms with van der Waals surface area (Å²) in [5.74, 6) is 5.05. The average Bonchev–Trinajstić information content (AvgIpc) is 3.26. The number of fused-ring (bicyclic) bond motifs is 1. The Morgan fingerprint density at radius 3 is 2.29 bits per heavy atom. The van der Waals surface area contributed by atoms with Gasteiger partial charge >= 0.3 is 6.09 Å². The van der Waals surface area contributed by atoms with Crippen LogP contribution >= 0.6 is 0 Å². The van der Waals surface area contributed by atoms with Crippen molar-refractivity contribution in [1.82, 2.24) is 15.1 Å². The summed E-state index contributed by atoms with van der Waals surface area (Å²) in [6.07, 6.45) is 0.149. The van der Waals surface area contributed by atoms with Crippen molar-refractivity contribution in [3.05, 3.63) is 34.9 Å². The SMILES string of the molecule is CN(CCOCCOCCOCCOCC#Cc1cccc2c1CN(C1CCC(=O)NC1=O)C2=O)C(=O)OC(C)(C)C. The number of imide groups is 1. The Kier molecular flexibility index (Phi) is 12.7. The smallest absolute Gasteiger partial charge is 0.410 e. The molecule has 1 fully saturated rings. The standard InChI is InChI=1S/C30H41N3O9/c1-30(2,3)42-29(37)32(4)12-14-39-16-18-41-20-19-40-17-15-38-13-6-8-22-7-5-9-23-24(22)21-33(28(23)36)25-10-11-26(34)31-27(25)35/h5,7,9,25H,10-21H2,1-4H3,(H,31,34,35). The van der Waals surface area contributed by atoms with E-state index in [2.05, 4.69) is 17.2 Å². The lowest BCUT2D eigenvalue weighted by Gasteiger charge is -2.29. The van der Waals surface area contributed by atoms with E-state index in [4.69, 9.17) is 23.7 Å². The van der Waals surface area contributed by atoms with Gasteiger partial charge in [-0.2, -0.15) is 0 Å². The van der Waals surface area contributed by atoms with E-state index in [9.17, 15) is 19.2 Å². The van der Waals surface area contributed by atoms with Gasteiger partial charge in [-0.15, -0.1) is 0 Å². The molecule has 12 nitrogen and oxygen atoms in total. The van der Waals surface area contributed by atoms with Crippen molar-refractivity contribution in [1.29, 1.82) is 0 Å². The lowest BCUT2D eigenvalue weighted by Crippen LogP contribution is -2.52. The van der Waals surface area contributed by atoms with Crippen LogP contribution in [0.2, 0.25) is 0 Å². The summed E-state index contributed by atoms with van der Waals surface area (Å²) in [4.78, 5) is 51.5. The van der Waals surface area contributed by atoms with E-state index in [1.54, 1.807) is 19.2 Å². The summed E-state index contributed by atoms with van der Waals surface area (Å²) in [6.45, 7) is 9.22. The third-order valence-electron chi connectivity index (χ3n) is 6.37. The second-order valence-electron chi connectivity index (χ2n) is 10.8. The highest BCUT2D eigenvalue weighted by Crippen LogP contribution is 2.29. The second kappa shape index (κ2) is 16.2. The summed E-state index contributed by atoms with van der Waals surface area (Å²) in [5.41, 5.74) is 1.50. The van der Waals surface area contributed by atoms with Crippen molar-refractivity contribution in [3.63, 3.8) is 0 Å². The van der Waals surface area contributed by atoms with Gasteiger partial charge in [-0.1, -0.05) is 17.9 Å². The van der Waals surface area contributed by atoms with Crippen LogP contribution in [0.5, 0.6) is 0 Å². The van der Waals surface area contributed by atoms with E-state index in [0.29, 0.717) is 70.3 Å². The quantitative estimate of drug-likeness (QED) is 0.196. The first-order chi connectivity index (χ1) is 20.1. The fourth-order valence-corrected chi connectivity index (χ4v) is 4.25. The monoisotopic (exact) mass is 587 g/mol. The molecule has 230 valence electrons. The highest BCUT2D eigenvalue weighted by atomic mass is 16.6. The number of piperidine rings is 1. The normalized spacial score (nSPS) is 16.5. The van der Waals surface area contributed by atoms with E-state index < -0.39 is 17.6 Å². The molecule has 2 heterocycles. The lowest BCUT2D eigenvalue weighted by atomic mass is 10.0. The fourth-order valence-electron chi connectivity index (χ4n) is 4.25. The van der Waals surface area contributed by atoms with Gasteiger partial charge in [0.1, 0.15) is 18.2 Å². The summed E-state index contributed by atoms with van der Waals surface area (Å²) in [6, 6.07) is 4.68. The Balaban J connectivity index is 1.22. The minimum Gasteiger partial charge on any atom is -0.444 e. The van der Waals surface area contributed by atoms with Crippen LogP contribution in [-0.4, -0.2) is 112 Å². The first-order valence-corrected chi connectivity index (χ1v) is 14.1. The molecule has 3 rings (SSSR count). The molecule has 2 aliphatic rings. The van der Waals surface area contributed by atoms with Crippen LogP contribution in [0.15, 0.2) is 18.2 Å². The topological polar surface area (TPSA) is 133 Å². The molecule has 1 saturated heterocycles. The van der Waals surface area contributed by atoms with E-state index >= 15 is 0 Å². The van der Waals surface area contributed by atoms with E-state index in [1.807, 2.05) is 26.8 Å². The summed E-state index contributed by atoms with van der Waals surface area (Å²) < 4.78 is 27.2. The number of likely N-dealkylation sites (N-methyl/N-ethyl adjacent to an activating group) is 1. The molecule has 0 aromatic heterocycles. The maximum atomic E-state index is 12.9. The molecular formula is C30H41N3O9. The molecular weight excluding hydrogens is 546 g/mol. The third kappa shape index (κ3) is 10.4. The van der Waals surface area contributed by atoms with Crippen molar-refractivity contribution in [2.24, 2.45) is 0 Å². The molecule has 4 amide bonds. The molecule has 12 heteroatoms. The van der Waals surface area contributed by atoms with Crippen LogP contribution in [0, 0.1) is 11.8 Å². The number of carbonyl (C=O) groups is 4. The van der Waals surface area contributed by atoms with Gasteiger partial charge in [0, 0.05) is 37.7 Å². The van der Waals surface area contributed by atoms with E-state index in [-0.39, 0.29) is 37.5 Å². The molecule has 0 radical (unpaired) electrons. The van der Waals surface area contributed by atoms with Crippen molar-refractivity contribution >= 4 is 23.8 Å². The number of ether oxygens (including phenoxy) is 5. The summed E-state index contributed by atoms with van der Waals surface area (Å²) >= 11 is 0. The first kappa shape index (κ1) is 33.0. The number of hydrogen-bond donors (Lipinski definition) is 1. The highest BCUT2D eigenvalue weighted by Gasteiger charge is 2.39. The number of hydrogen-bond acceptors (Lipinski definition) is 9. The minimum atomic E-state index is -0.657. The Hall–Kier alpha value is -3.50. The minimum absolute atomic E-state index is 0.203. The van der Waals surface area contributed by atoms with Gasteiger partial charge in [0.25, 0.3) is 5.91 Å². The molecule has 2 aliphatic heterocycles.